The predicted molar refractivity (Wildman–Crippen MR) is 108 cm³/mol. The van der Waals surface area contributed by atoms with Gasteiger partial charge in [0.1, 0.15) is 9.88 Å². The molecule has 0 unspecified atom stereocenters. The lowest BCUT2D eigenvalue weighted by Gasteiger charge is -2.22. The lowest BCUT2D eigenvalue weighted by molar-refractivity contribution is -0.140. The van der Waals surface area contributed by atoms with Gasteiger partial charge < -0.3 is 9.64 Å². The van der Waals surface area contributed by atoms with Crippen LogP contribution < -0.4 is 0 Å². The van der Waals surface area contributed by atoms with E-state index in [-0.39, 0.29) is 18.3 Å². The zero-order valence-electron chi connectivity index (χ0n) is 15.2. The summed E-state index contributed by atoms with van der Waals surface area (Å²) in [5.74, 6) is -0.443. The van der Waals surface area contributed by atoms with Crippen LogP contribution in [0.4, 0.5) is 0 Å². The van der Waals surface area contributed by atoms with E-state index >= 15 is 0 Å². The molecule has 7 heteroatoms. The van der Waals surface area contributed by atoms with E-state index in [1.165, 1.54) is 18.4 Å². The van der Waals surface area contributed by atoms with E-state index in [2.05, 4.69) is 4.98 Å². The second kappa shape index (κ2) is 8.92. The lowest BCUT2D eigenvalue weighted by Crippen LogP contribution is -2.32. The zero-order chi connectivity index (χ0) is 19.2. The van der Waals surface area contributed by atoms with Gasteiger partial charge in [0.15, 0.2) is 0 Å². The summed E-state index contributed by atoms with van der Waals surface area (Å²) < 4.78 is 4.73. The molecule has 0 fully saturated rings. The lowest BCUT2D eigenvalue weighted by atomic mass is 10.2. The molecule has 0 aliphatic rings. The van der Waals surface area contributed by atoms with Crippen LogP contribution in [0.1, 0.15) is 27.3 Å². The van der Waals surface area contributed by atoms with Gasteiger partial charge >= 0.3 is 5.97 Å². The summed E-state index contributed by atoms with van der Waals surface area (Å²) in [4.78, 5) is 32.7. The molecule has 0 saturated carbocycles. The highest BCUT2D eigenvalue weighted by Gasteiger charge is 2.23. The number of ether oxygens (including phenoxy) is 1. The Morgan fingerprint density at radius 3 is 2.59 bits per heavy atom. The van der Waals surface area contributed by atoms with Gasteiger partial charge in [-0.3, -0.25) is 9.59 Å². The number of hydrogen-bond acceptors (Lipinski definition) is 6. The maximum Gasteiger partial charge on any atom is 0.307 e. The van der Waals surface area contributed by atoms with Gasteiger partial charge in [0, 0.05) is 13.1 Å². The van der Waals surface area contributed by atoms with Gasteiger partial charge in [0.05, 0.1) is 24.1 Å². The quantitative estimate of drug-likeness (QED) is 0.552. The van der Waals surface area contributed by atoms with Crippen LogP contribution in [-0.2, 0) is 16.1 Å². The molecule has 2 aromatic heterocycles. The summed E-state index contributed by atoms with van der Waals surface area (Å²) in [6.07, 6.45) is 0.157. The van der Waals surface area contributed by atoms with Crippen LogP contribution in [0.2, 0.25) is 0 Å². The first-order chi connectivity index (χ1) is 13.1. The molecular weight excluding hydrogens is 380 g/mol. The van der Waals surface area contributed by atoms with Gasteiger partial charge in [-0.15, -0.1) is 22.7 Å². The number of carbonyl (C=O) groups excluding carboxylic acids is 2. The summed E-state index contributed by atoms with van der Waals surface area (Å²) in [5, 5.41) is 2.84. The van der Waals surface area contributed by atoms with Crippen LogP contribution >= 0.6 is 22.7 Å². The monoisotopic (exact) mass is 400 g/mol. The van der Waals surface area contributed by atoms with Crippen molar-refractivity contribution >= 4 is 34.6 Å². The number of thiophene rings is 1. The third-order valence-electron chi connectivity index (χ3n) is 4.04. The maximum atomic E-state index is 13.2. The van der Waals surface area contributed by atoms with Crippen LogP contribution in [0.3, 0.4) is 0 Å². The Bertz CT molecular complexity index is 905. The van der Waals surface area contributed by atoms with Crippen LogP contribution in [0.5, 0.6) is 0 Å². The molecule has 1 amide bonds. The van der Waals surface area contributed by atoms with Crippen molar-refractivity contribution in [2.75, 3.05) is 13.7 Å². The number of rotatable bonds is 7. The number of hydrogen-bond donors (Lipinski definition) is 0. The number of aromatic nitrogens is 1. The molecule has 0 spiro atoms. The number of esters is 1. The van der Waals surface area contributed by atoms with Crippen molar-refractivity contribution in [3.05, 3.63) is 64.0 Å². The minimum Gasteiger partial charge on any atom is -0.469 e. The molecule has 3 rings (SSSR count). The van der Waals surface area contributed by atoms with Gasteiger partial charge in [-0.05, 0) is 23.9 Å². The second-order valence-electron chi connectivity index (χ2n) is 5.95. The third kappa shape index (κ3) is 4.81. The van der Waals surface area contributed by atoms with Crippen molar-refractivity contribution in [2.45, 2.75) is 19.9 Å². The fourth-order valence-electron chi connectivity index (χ4n) is 2.63. The molecule has 0 aliphatic carbocycles. The summed E-state index contributed by atoms with van der Waals surface area (Å²) in [5.41, 5.74) is 1.72. The average Bonchev–Trinajstić information content (AvgIpc) is 3.34. The van der Waals surface area contributed by atoms with Crippen LogP contribution in [-0.4, -0.2) is 35.4 Å². The van der Waals surface area contributed by atoms with E-state index in [0.717, 1.165) is 15.4 Å². The van der Waals surface area contributed by atoms with Crippen molar-refractivity contribution < 1.29 is 14.3 Å². The SMILES string of the molecule is COC(=O)CCN(Cc1ccccc1)C(=O)c1sc(-c2cccs2)nc1C. The van der Waals surface area contributed by atoms with Gasteiger partial charge in [-0.25, -0.2) is 4.98 Å². The van der Waals surface area contributed by atoms with E-state index in [1.807, 2.05) is 54.8 Å². The molecule has 0 radical (unpaired) electrons. The fourth-order valence-corrected chi connectivity index (χ4v) is 4.46. The molecule has 3 aromatic rings. The predicted octanol–water partition coefficient (Wildman–Crippen LogP) is 4.39. The summed E-state index contributed by atoms with van der Waals surface area (Å²) in [6.45, 7) is 2.58. The Hall–Kier alpha value is -2.51. The number of nitrogens with zero attached hydrogens (tertiary/aromatic N) is 2. The first-order valence-electron chi connectivity index (χ1n) is 8.50. The number of amides is 1. The number of methoxy groups -OCH3 is 1. The van der Waals surface area contributed by atoms with Crippen LogP contribution in [0.15, 0.2) is 47.8 Å². The zero-order valence-corrected chi connectivity index (χ0v) is 16.8. The molecule has 0 atom stereocenters. The average molecular weight is 401 g/mol. The Balaban J connectivity index is 1.84. The van der Waals surface area contributed by atoms with Gasteiger partial charge in [0.25, 0.3) is 5.91 Å². The number of carbonyl (C=O) groups is 2. The van der Waals surface area contributed by atoms with Gasteiger partial charge in [-0.1, -0.05) is 36.4 Å². The van der Waals surface area contributed by atoms with Crippen molar-refractivity contribution in [1.29, 1.82) is 0 Å². The molecule has 5 nitrogen and oxygen atoms in total. The molecule has 27 heavy (non-hydrogen) atoms. The van der Waals surface area contributed by atoms with Crippen molar-refractivity contribution in [1.82, 2.24) is 9.88 Å². The van der Waals surface area contributed by atoms with E-state index < -0.39 is 0 Å². The molecule has 0 saturated heterocycles. The standard InChI is InChI=1S/C20H20N2O3S2/c1-14-18(27-19(21-14)16-9-6-12-26-16)20(24)22(11-10-17(23)25-2)13-15-7-4-3-5-8-15/h3-9,12H,10-11,13H2,1-2H3. The minimum atomic E-state index is -0.332. The smallest absolute Gasteiger partial charge is 0.307 e. The van der Waals surface area contributed by atoms with Crippen molar-refractivity contribution in [3.8, 4) is 9.88 Å². The molecule has 140 valence electrons. The number of aryl methyl sites for hydroxylation is 1. The van der Waals surface area contributed by atoms with E-state index in [1.54, 1.807) is 16.2 Å². The molecule has 0 N–H and O–H groups in total. The van der Waals surface area contributed by atoms with Crippen molar-refractivity contribution in [2.24, 2.45) is 0 Å². The minimum absolute atomic E-state index is 0.111. The molecule has 2 heterocycles. The van der Waals surface area contributed by atoms with Crippen LogP contribution in [0, 0.1) is 6.92 Å². The Morgan fingerprint density at radius 2 is 1.93 bits per heavy atom. The van der Waals surface area contributed by atoms with E-state index in [0.29, 0.717) is 23.7 Å². The first-order valence-corrected chi connectivity index (χ1v) is 10.2. The summed E-state index contributed by atoms with van der Waals surface area (Å²) in [6, 6.07) is 13.7. The Morgan fingerprint density at radius 1 is 1.15 bits per heavy atom. The van der Waals surface area contributed by atoms with Crippen molar-refractivity contribution in [3.63, 3.8) is 0 Å². The highest BCUT2D eigenvalue weighted by atomic mass is 32.1. The fraction of sp³-hybridized carbons (Fsp3) is 0.250. The molecular formula is C20H20N2O3S2. The summed E-state index contributed by atoms with van der Waals surface area (Å²) in [7, 11) is 1.35. The number of thiazole rings is 1. The first kappa shape index (κ1) is 19.3. The maximum absolute atomic E-state index is 13.2. The molecule has 0 bridgehead atoms. The largest absolute Gasteiger partial charge is 0.469 e. The number of benzene rings is 1. The summed E-state index contributed by atoms with van der Waals surface area (Å²) >= 11 is 3.00. The normalized spacial score (nSPS) is 10.6. The van der Waals surface area contributed by atoms with E-state index in [9.17, 15) is 9.59 Å². The molecule has 0 aliphatic heterocycles. The highest BCUT2D eigenvalue weighted by molar-refractivity contribution is 7.22. The topological polar surface area (TPSA) is 59.5 Å². The van der Waals surface area contributed by atoms with E-state index in [4.69, 9.17) is 4.74 Å². The second-order valence-corrected chi connectivity index (χ2v) is 7.90. The highest BCUT2D eigenvalue weighted by Crippen LogP contribution is 2.32. The Kier molecular flexibility index (Phi) is 6.36. The van der Waals surface area contributed by atoms with Crippen LogP contribution in [0.25, 0.3) is 9.88 Å². The third-order valence-corrected chi connectivity index (χ3v) is 6.22. The van der Waals surface area contributed by atoms with Gasteiger partial charge in [-0.2, -0.15) is 0 Å². The van der Waals surface area contributed by atoms with Gasteiger partial charge in [0.2, 0.25) is 0 Å². The Labute approximate surface area is 166 Å². The molecule has 1 aromatic carbocycles.